The second-order valence-electron chi connectivity index (χ2n) is 8.07. The molecule has 8 heteroatoms. The van der Waals surface area contributed by atoms with Crippen molar-refractivity contribution in [2.75, 3.05) is 31.2 Å². The molecule has 1 amide bonds. The quantitative estimate of drug-likeness (QED) is 0.535. The number of aromatic nitrogens is 1. The zero-order valence-corrected chi connectivity index (χ0v) is 18.2. The van der Waals surface area contributed by atoms with Gasteiger partial charge in [-0.05, 0) is 49.2 Å². The van der Waals surface area contributed by atoms with E-state index in [9.17, 15) is 9.18 Å². The van der Waals surface area contributed by atoms with Crippen LogP contribution in [0.1, 0.15) is 28.8 Å². The van der Waals surface area contributed by atoms with Gasteiger partial charge in [-0.25, -0.2) is 4.39 Å². The van der Waals surface area contributed by atoms with Crippen molar-refractivity contribution < 1.29 is 18.4 Å². The van der Waals surface area contributed by atoms with Crippen molar-refractivity contribution in [3.8, 4) is 11.3 Å². The molecule has 1 aliphatic carbocycles. The summed E-state index contributed by atoms with van der Waals surface area (Å²) in [6, 6.07) is 13.5. The van der Waals surface area contributed by atoms with E-state index in [1.54, 1.807) is 42.5 Å². The number of carbonyl (C=O) groups excluding carboxylic acids is 1. The van der Waals surface area contributed by atoms with Crippen LogP contribution in [0.4, 0.5) is 10.3 Å². The lowest BCUT2D eigenvalue weighted by atomic mass is 10.1. The fourth-order valence-corrected chi connectivity index (χ4v) is 4.13. The second-order valence-corrected chi connectivity index (χ2v) is 8.50. The number of hydrogen-bond donors (Lipinski definition) is 0. The lowest BCUT2D eigenvalue weighted by molar-refractivity contribution is 0.0729. The van der Waals surface area contributed by atoms with E-state index in [-0.39, 0.29) is 24.3 Å². The predicted molar refractivity (Wildman–Crippen MR) is 119 cm³/mol. The van der Waals surface area contributed by atoms with Gasteiger partial charge in [0.25, 0.3) is 5.91 Å². The average molecular weight is 456 g/mol. The maximum Gasteiger partial charge on any atom is 0.254 e. The van der Waals surface area contributed by atoms with E-state index in [1.807, 2.05) is 9.80 Å². The summed E-state index contributed by atoms with van der Waals surface area (Å²) in [7, 11) is 0. The summed E-state index contributed by atoms with van der Waals surface area (Å²) >= 11 is 6.00. The molecule has 6 nitrogen and oxygen atoms in total. The van der Waals surface area contributed by atoms with Gasteiger partial charge in [-0.3, -0.25) is 4.79 Å². The maximum absolute atomic E-state index is 14.7. The molecule has 1 saturated carbocycles. The lowest BCUT2D eigenvalue weighted by Gasteiger charge is -2.28. The Bertz CT molecular complexity index is 1110. The molecule has 0 radical (unpaired) electrons. The van der Waals surface area contributed by atoms with Gasteiger partial charge >= 0.3 is 0 Å². The Hall–Kier alpha value is -2.90. The van der Waals surface area contributed by atoms with E-state index in [0.717, 1.165) is 12.8 Å². The first-order valence-electron chi connectivity index (χ1n) is 10.7. The maximum atomic E-state index is 14.7. The van der Waals surface area contributed by atoms with Crippen molar-refractivity contribution in [1.82, 2.24) is 10.1 Å². The van der Waals surface area contributed by atoms with Crippen LogP contribution in [0.25, 0.3) is 11.3 Å². The Labute approximate surface area is 190 Å². The lowest BCUT2D eigenvalue weighted by Crippen LogP contribution is -2.37. The number of hydrogen-bond acceptors (Lipinski definition) is 5. The van der Waals surface area contributed by atoms with Crippen molar-refractivity contribution in [3.05, 3.63) is 70.5 Å². The molecule has 3 aromatic rings. The minimum atomic E-state index is -0.377. The predicted octanol–water partition coefficient (Wildman–Crippen LogP) is 4.78. The van der Waals surface area contributed by atoms with Crippen LogP contribution in [0, 0.1) is 5.82 Å². The third-order valence-corrected chi connectivity index (χ3v) is 6.11. The van der Waals surface area contributed by atoms with Crippen LogP contribution in [-0.2, 0) is 11.3 Å². The van der Waals surface area contributed by atoms with Crippen LogP contribution in [0.15, 0.2) is 53.1 Å². The molecule has 0 bridgehead atoms. The van der Waals surface area contributed by atoms with Crippen LogP contribution in [-0.4, -0.2) is 48.3 Å². The molecule has 2 aromatic carbocycles. The summed E-state index contributed by atoms with van der Waals surface area (Å²) < 4.78 is 25.9. The highest BCUT2D eigenvalue weighted by atomic mass is 35.5. The summed E-state index contributed by atoms with van der Waals surface area (Å²) in [4.78, 5) is 17.3. The van der Waals surface area contributed by atoms with E-state index in [0.29, 0.717) is 59.6 Å². The number of morpholine rings is 1. The van der Waals surface area contributed by atoms with Crippen molar-refractivity contribution in [1.29, 1.82) is 0 Å². The highest BCUT2D eigenvalue weighted by Crippen LogP contribution is 2.37. The summed E-state index contributed by atoms with van der Waals surface area (Å²) in [5.74, 6) is 0.108. The van der Waals surface area contributed by atoms with Gasteiger partial charge in [-0.1, -0.05) is 28.9 Å². The van der Waals surface area contributed by atoms with Crippen LogP contribution in [0.5, 0.6) is 0 Å². The summed E-state index contributed by atoms with van der Waals surface area (Å²) in [6.45, 7) is 2.73. The summed E-state index contributed by atoms with van der Waals surface area (Å²) in [6.07, 6.45) is 1.87. The fraction of sp³-hybridized carbons (Fsp3) is 0.333. The SMILES string of the molecule is O=C(c1ccc(Cl)cc1)N(Cc1c(-c2ccccc2F)noc1N1CCOCC1)C1CC1. The topological polar surface area (TPSA) is 58.8 Å². The molecule has 0 atom stereocenters. The Balaban J connectivity index is 1.54. The third-order valence-electron chi connectivity index (χ3n) is 5.86. The van der Waals surface area contributed by atoms with Gasteiger partial charge in [0.05, 0.1) is 25.3 Å². The Morgan fingerprint density at radius 1 is 1.12 bits per heavy atom. The van der Waals surface area contributed by atoms with Gasteiger partial charge in [0.2, 0.25) is 5.88 Å². The Morgan fingerprint density at radius 2 is 1.84 bits per heavy atom. The molecule has 2 fully saturated rings. The first-order valence-corrected chi connectivity index (χ1v) is 11.1. The smallest absolute Gasteiger partial charge is 0.254 e. The van der Waals surface area contributed by atoms with Crippen LogP contribution >= 0.6 is 11.6 Å². The molecule has 0 N–H and O–H groups in total. The van der Waals surface area contributed by atoms with Crippen molar-refractivity contribution in [3.63, 3.8) is 0 Å². The average Bonchev–Trinajstić information content (AvgIpc) is 3.58. The molecular weight excluding hydrogens is 433 g/mol. The second kappa shape index (κ2) is 8.92. The van der Waals surface area contributed by atoms with Crippen LogP contribution in [0.2, 0.25) is 5.02 Å². The fourth-order valence-electron chi connectivity index (χ4n) is 4.00. The first-order chi connectivity index (χ1) is 15.6. The Kier molecular flexibility index (Phi) is 5.85. The summed E-state index contributed by atoms with van der Waals surface area (Å²) in [5, 5.41) is 4.82. The normalized spacial score (nSPS) is 16.2. The molecule has 1 aromatic heterocycles. The highest BCUT2D eigenvalue weighted by Gasteiger charge is 2.36. The molecular formula is C24H23ClFN3O3. The Morgan fingerprint density at radius 3 is 2.53 bits per heavy atom. The number of ether oxygens (including phenoxy) is 1. The number of amides is 1. The van der Waals surface area contributed by atoms with Gasteiger partial charge < -0.3 is 19.1 Å². The molecule has 1 aliphatic heterocycles. The third kappa shape index (κ3) is 4.23. The molecule has 0 unspecified atom stereocenters. The number of carbonyl (C=O) groups is 1. The van der Waals surface area contributed by atoms with E-state index < -0.39 is 0 Å². The minimum absolute atomic E-state index is 0.0854. The molecule has 5 rings (SSSR count). The van der Waals surface area contributed by atoms with E-state index in [1.165, 1.54) is 6.07 Å². The molecule has 1 saturated heterocycles. The largest absolute Gasteiger partial charge is 0.378 e. The highest BCUT2D eigenvalue weighted by molar-refractivity contribution is 6.30. The van der Waals surface area contributed by atoms with Gasteiger partial charge in [0.15, 0.2) is 0 Å². The monoisotopic (exact) mass is 455 g/mol. The number of benzene rings is 2. The molecule has 0 spiro atoms. The molecule has 166 valence electrons. The van der Waals surface area contributed by atoms with Gasteiger partial charge in [-0.2, -0.15) is 0 Å². The molecule has 32 heavy (non-hydrogen) atoms. The van der Waals surface area contributed by atoms with E-state index >= 15 is 0 Å². The zero-order chi connectivity index (χ0) is 22.1. The number of anilines is 1. The van der Waals surface area contributed by atoms with Crippen LogP contribution in [0.3, 0.4) is 0 Å². The van der Waals surface area contributed by atoms with E-state index in [2.05, 4.69) is 5.16 Å². The molecule has 2 heterocycles. The van der Waals surface area contributed by atoms with Gasteiger partial charge in [0.1, 0.15) is 11.5 Å². The zero-order valence-electron chi connectivity index (χ0n) is 17.5. The number of halogens is 2. The number of rotatable bonds is 6. The van der Waals surface area contributed by atoms with Crippen LogP contribution < -0.4 is 4.90 Å². The van der Waals surface area contributed by atoms with Crippen molar-refractivity contribution in [2.45, 2.75) is 25.4 Å². The van der Waals surface area contributed by atoms with Gasteiger partial charge in [0, 0.05) is 35.3 Å². The first kappa shape index (κ1) is 21.0. The standard InChI is InChI=1S/C24H23ClFN3O3/c25-17-7-5-16(6-8-17)23(30)29(18-9-10-18)15-20-22(19-3-1-2-4-21(19)26)27-32-24(20)28-11-13-31-14-12-28/h1-8,18H,9-15H2. The van der Waals surface area contributed by atoms with E-state index in [4.69, 9.17) is 20.9 Å². The minimum Gasteiger partial charge on any atom is -0.378 e. The van der Waals surface area contributed by atoms with Gasteiger partial charge in [-0.15, -0.1) is 0 Å². The van der Waals surface area contributed by atoms with Crippen molar-refractivity contribution >= 4 is 23.4 Å². The number of nitrogens with zero attached hydrogens (tertiary/aromatic N) is 3. The summed E-state index contributed by atoms with van der Waals surface area (Å²) in [5.41, 5.74) is 2.07. The molecule has 2 aliphatic rings. The van der Waals surface area contributed by atoms with Crippen molar-refractivity contribution in [2.24, 2.45) is 0 Å².